The lowest BCUT2D eigenvalue weighted by Gasteiger charge is -2.09. The molecule has 0 aliphatic carbocycles. The summed E-state index contributed by atoms with van der Waals surface area (Å²) in [5, 5.41) is 10.9. The van der Waals surface area contributed by atoms with Crippen molar-refractivity contribution in [3.8, 4) is 5.75 Å². The summed E-state index contributed by atoms with van der Waals surface area (Å²) in [7, 11) is 0. The Morgan fingerprint density at radius 2 is 1.89 bits per heavy atom. The number of nitro groups is 1. The molecule has 180 valence electrons. The van der Waals surface area contributed by atoms with Crippen LogP contribution >= 0.6 is 31.9 Å². The highest BCUT2D eigenvalue weighted by Crippen LogP contribution is 2.35. The fourth-order valence-electron chi connectivity index (χ4n) is 3.29. The highest BCUT2D eigenvalue weighted by Gasteiger charge is 2.25. The zero-order chi connectivity index (χ0) is 25.8. The maximum absolute atomic E-state index is 12.5. The molecule has 0 radical (unpaired) electrons. The second-order valence-corrected chi connectivity index (χ2v) is 9.39. The Bertz CT molecular complexity index is 1490. The van der Waals surface area contributed by atoms with E-state index in [-0.39, 0.29) is 23.0 Å². The van der Waals surface area contributed by atoms with Crippen LogP contribution in [0.3, 0.4) is 0 Å². The highest BCUT2D eigenvalue weighted by atomic mass is 79.9. The molecule has 0 atom stereocenters. The van der Waals surface area contributed by atoms with Gasteiger partial charge in [0, 0.05) is 33.8 Å². The number of aliphatic imine (C=N–C) groups is 1. The van der Waals surface area contributed by atoms with Gasteiger partial charge in [0.05, 0.1) is 9.40 Å². The lowest BCUT2D eigenvalue weighted by molar-refractivity contribution is -0.384. The number of cyclic esters (lactones) is 1. The molecular formula is C26H16Br2N2O6. The fourth-order valence-corrected chi connectivity index (χ4v) is 4.63. The van der Waals surface area contributed by atoms with E-state index in [1.165, 1.54) is 30.4 Å². The SMILES string of the molecule is Cc1cccc(C2=N/C(=C\c3cc(Br)cc(Br)c3OC(=O)/C=C/c3cccc([N+](=O)[O-])c3)C(=O)O2)c1. The second-order valence-electron chi connectivity index (χ2n) is 7.62. The minimum atomic E-state index is -0.720. The highest BCUT2D eigenvalue weighted by molar-refractivity contribution is 9.11. The largest absolute Gasteiger partial charge is 0.422 e. The maximum Gasteiger partial charge on any atom is 0.363 e. The Hall–Kier alpha value is -3.89. The standard InChI is InChI=1S/C26H16Br2N2O6/c1-15-4-2-6-17(10-15)25-29-22(26(32)36-25)13-18-12-19(27)14-21(28)24(18)35-23(31)9-8-16-5-3-7-20(11-16)30(33)34/h2-14H,1H3/b9-8+,22-13-. The van der Waals surface area contributed by atoms with Gasteiger partial charge in [0.2, 0.25) is 5.90 Å². The summed E-state index contributed by atoms with van der Waals surface area (Å²) in [6, 6.07) is 16.6. The van der Waals surface area contributed by atoms with E-state index in [0.29, 0.717) is 25.6 Å². The monoisotopic (exact) mass is 610 g/mol. The van der Waals surface area contributed by atoms with Crippen molar-refractivity contribution in [1.82, 2.24) is 0 Å². The zero-order valence-corrected chi connectivity index (χ0v) is 21.8. The van der Waals surface area contributed by atoms with Crippen LogP contribution in [0.4, 0.5) is 5.69 Å². The van der Waals surface area contributed by atoms with Crippen molar-refractivity contribution in [2.24, 2.45) is 4.99 Å². The first-order valence-electron chi connectivity index (χ1n) is 10.4. The van der Waals surface area contributed by atoms with E-state index < -0.39 is 16.9 Å². The normalized spacial score (nSPS) is 14.1. The van der Waals surface area contributed by atoms with Crippen LogP contribution in [0.5, 0.6) is 5.75 Å². The van der Waals surface area contributed by atoms with Crippen molar-refractivity contribution in [1.29, 1.82) is 0 Å². The van der Waals surface area contributed by atoms with E-state index in [0.717, 1.165) is 11.6 Å². The minimum Gasteiger partial charge on any atom is -0.422 e. The first-order chi connectivity index (χ1) is 17.2. The molecule has 3 aromatic rings. The van der Waals surface area contributed by atoms with E-state index in [4.69, 9.17) is 9.47 Å². The van der Waals surface area contributed by atoms with Crippen molar-refractivity contribution in [3.05, 3.63) is 114 Å². The van der Waals surface area contributed by atoms with Crippen LogP contribution in [0.1, 0.15) is 22.3 Å². The summed E-state index contributed by atoms with van der Waals surface area (Å²) in [5.74, 6) is -1.01. The van der Waals surface area contributed by atoms with Crippen LogP contribution < -0.4 is 4.74 Å². The van der Waals surface area contributed by atoms with Crippen LogP contribution in [0.2, 0.25) is 0 Å². The van der Waals surface area contributed by atoms with Crippen LogP contribution in [0.15, 0.2) is 86.4 Å². The molecule has 3 aromatic carbocycles. The van der Waals surface area contributed by atoms with Gasteiger partial charge in [-0.05, 0) is 64.8 Å². The summed E-state index contributed by atoms with van der Waals surface area (Å²) in [6.45, 7) is 1.92. The van der Waals surface area contributed by atoms with Crippen molar-refractivity contribution < 1.29 is 24.0 Å². The number of ether oxygens (including phenoxy) is 2. The number of benzene rings is 3. The maximum atomic E-state index is 12.5. The second kappa shape index (κ2) is 10.8. The molecule has 0 bridgehead atoms. The molecule has 0 amide bonds. The molecule has 0 N–H and O–H groups in total. The molecule has 1 aliphatic heterocycles. The minimum absolute atomic E-state index is 0.0425. The predicted octanol–water partition coefficient (Wildman–Crippen LogP) is 6.39. The summed E-state index contributed by atoms with van der Waals surface area (Å²) in [5.41, 5.74) is 2.47. The Kier molecular flexibility index (Phi) is 7.56. The van der Waals surface area contributed by atoms with Gasteiger partial charge in [-0.15, -0.1) is 0 Å². The molecule has 1 heterocycles. The number of hydrogen-bond acceptors (Lipinski definition) is 7. The van der Waals surface area contributed by atoms with Gasteiger partial charge >= 0.3 is 11.9 Å². The van der Waals surface area contributed by atoms with Crippen LogP contribution in [-0.2, 0) is 14.3 Å². The fraction of sp³-hybridized carbons (Fsp3) is 0.0385. The number of esters is 2. The Morgan fingerprint density at radius 3 is 2.64 bits per heavy atom. The number of non-ortho nitro benzene ring substituents is 1. The van der Waals surface area contributed by atoms with Gasteiger partial charge in [-0.1, -0.05) is 45.8 Å². The quantitative estimate of drug-likeness (QED) is 0.105. The average Bonchev–Trinajstić information content (AvgIpc) is 3.20. The number of nitrogens with zero attached hydrogens (tertiary/aromatic N) is 2. The third kappa shape index (κ3) is 6.02. The van der Waals surface area contributed by atoms with Crippen LogP contribution in [-0.4, -0.2) is 22.8 Å². The molecule has 36 heavy (non-hydrogen) atoms. The van der Waals surface area contributed by atoms with Gasteiger partial charge in [-0.2, -0.15) is 0 Å². The topological polar surface area (TPSA) is 108 Å². The first kappa shape index (κ1) is 25.2. The summed E-state index contributed by atoms with van der Waals surface area (Å²) in [4.78, 5) is 39.8. The molecule has 1 aliphatic rings. The molecule has 0 spiro atoms. The van der Waals surface area contributed by atoms with E-state index in [9.17, 15) is 19.7 Å². The van der Waals surface area contributed by atoms with Crippen LogP contribution in [0, 0.1) is 17.0 Å². The van der Waals surface area contributed by atoms with Crippen molar-refractivity contribution in [2.75, 3.05) is 0 Å². The van der Waals surface area contributed by atoms with Crippen LogP contribution in [0.25, 0.3) is 12.2 Å². The Labute approximate surface area is 222 Å². The molecule has 0 saturated carbocycles. The van der Waals surface area contributed by atoms with Gasteiger partial charge < -0.3 is 9.47 Å². The molecule has 0 aromatic heterocycles. The number of aryl methyl sites for hydroxylation is 1. The molecule has 10 heteroatoms. The van der Waals surface area contributed by atoms with Gasteiger partial charge in [0.25, 0.3) is 5.69 Å². The Morgan fingerprint density at radius 1 is 1.11 bits per heavy atom. The number of halogens is 2. The first-order valence-corrected chi connectivity index (χ1v) is 12.0. The van der Waals surface area contributed by atoms with E-state index in [1.54, 1.807) is 24.3 Å². The summed E-state index contributed by atoms with van der Waals surface area (Å²) < 4.78 is 12.0. The van der Waals surface area contributed by atoms with Crippen molar-refractivity contribution >= 4 is 67.5 Å². The predicted molar refractivity (Wildman–Crippen MR) is 141 cm³/mol. The van der Waals surface area contributed by atoms with Gasteiger partial charge in [-0.3, -0.25) is 10.1 Å². The van der Waals surface area contributed by atoms with E-state index in [2.05, 4.69) is 36.9 Å². The average molecular weight is 612 g/mol. The van der Waals surface area contributed by atoms with E-state index >= 15 is 0 Å². The number of nitro benzene ring substituents is 1. The van der Waals surface area contributed by atoms with Crippen molar-refractivity contribution in [2.45, 2.75) is 6.92 Å². The zero-order valence-electron chi connectivity index (χ0n) is 18.6. The molecule has 0 unspecified atom stereocenters. The third-order valence-corrected chi connectivity index (χ3v) is 5.96. The molecule has 0 fully saturated rings. The summed E-state index contributed by atoms with van der Waals surface area (Å²) >= 11 is 6.77. The molecule has 4 rings (SSSR count). The third-order valence-electron chi connectivity index (χ3n) is 4.91. The van der Waals surface area contributed by atoms with Gasteiger partial charge in [-0.25, -0.2) is 14.6 Å². The lowest BCUT2D eigenvalue weighted by atomic mass is 10.1. The molecule has 0 saturated heterocycles. The number of rotatable bonds is 6. The smallest absolute Gasteiger partial charge is 0.363 e. The van der Waals surface area contributed by atoms with E-state index in [1.807, 2.05) is 25.1 Å². The van der Waals surface area contributed by atoms with Gasteiger partial charge in [0.15, 0.2) is 11.4 Å². The Balaban J connectivity index is 1.62. The molecular weight excluding hydrogens is 596 g/mol. The number of carbonyl (C=O) groups is 2. The lowest BCUT2D eigenvalue weighted by Crippen LogP contribution is -2.06. The number of carbonyl (C=O) groups excluding carboxylic acids is 2. The summed E-state index contributed by atoms with van der Waals surface area (Å²) in [6.07, 6.45) is 4.03. The van der Waals surface area contributed by atoms with Crippen molar-refractivity contribution in [3.63, 3.8) is 0 Å². The molecule has 8 nitrogen and oxygen atoms in total. The number of hydrogen-bond donors (Lipinski definition) is 0. The van der Waals surface area contributed by atoms with Gasteiger partial charge in [0.1, 0.15) is 0 Å².